The highest BCUT2D eigenvalue weighted by Gasteiger charge is 2.37. The average Bonchev–Trinajstić information content (AvgIpc) is 3.60. The van der Waals surface area contributed by atoms with Gasteiger partial charge in [0.05, 0.1) is 17.9 Å². The van der Waals surface area contributed by atoms with Gasteiger partial charge in [-0.25, -0.2) is 9.37 Å². The number of benzene rings is 1. The molecule has 2 fully saturated rings. The summed E-state index contributed by atoms with van der Waals surface area (Å²) >= 11 is 1.82. The van der Waals surface area contributed by atoms with E-state index in [-0.39, 0.29) is 10.4 Å². The Balaban J connectivity index is 1.27. The molecule has 1 aromatic heterocycles. The number of halogens is 1. The minimum atomic E-state index is -1.69. The molecule has 35 heavy (non-hydrogen) atoms. The van der Waals surface area contributed by atoms with Gasteiger partial charge in [0.1, 0.15) is 22.8 Å². The fourth-order valence-corrected chi connectivity index (χ4v) is 6.15. The van der Waals surface area contributed by atoms with E-state index in [1.165, 1.54) is 18.9 Å². The monoisotopic (exact) mass is 521 g/mol. The van der Waals surface area contributed by atoms with E-state index in [0.717, 1.165) is 39.1 Å². The van der Waals surface area contributed by atoms with Crippen LogP contribution in [0.2, 0.25) is 18.1 Å². The van der Waals surface area contributed by atoms with Crippen LogP contribution in [0.3, 0.4) is 0 Å². The molecule has 0 amide bonds. The largest absolute Gasteiger partial charge is 0.493 e. The summed E-state index contributed by atoms with van der Waals surface area (Å²) < 4.78 is 26.6. The number of nitrogens with zero attached hydrogens (tertiary/aromatic N) is 2. The molecule has 1 aromatic carbocycles. The van der Waals surface area contributed by atoms with Gasteiger partial charge in [0.2, 0.25) is 0 Å². The van der Waals surface area contributed by atoms with Crippen molar-refractivity contribution in [3.05, 3.63) is 34.1 Å². The third kappa shape index (κ3) is 7.08. The van der Waals surface area contributed by atoms with E-state index >= 15 is 0 Å². The number of aromatic nitrogens is 2. The van der Waals surface area contributed by atoms with E-state index in [1.807, 2.05) is 11.8 Å². The van der Waals surface area contributed by atoms with E-state index in [1.54, 1.807) is 6.07 Å². The van der Waals surface area contributed by atoms with Gasteiger partial charge in [0.25, 0.3) is 5.56 Å². The molecule has 1 aliphatic heterocycles. The zero-order chi connectivity index (χ0) is 25.2. The van der Waals surface area contributed by atoms with Crippen LogP contribution in [0.25, 0.3) is 10.9 Å². The third-order valence-electron chi connectivity index (χ3n) is 7.63. The van der Waals surface area contributed by atoms with Gasteiger partial charge in [0, 0.05) is 30.5 Å². The number of aromatic amines is 1. The van der Waals surface area contributed by atoms with Crippen molar-refractivity contribution < 1.29 is 13.6 Å². The summed E-state index contributed by atoms with van der Waals surface area (Å²) in [5.74, 6) is 1.65. The topological polar surface area (TPSA) is 67.5 Å². The van der Waals surface area contributed by atoms with E-state index in [9.17, 15) is 9.18 Å². The van der Waals surface area contributed by atoms with E-state index in [4.69, 9.17) is 9.16 Å². The summed E-state index contributed by atoms with van der Waals surface area (Å²) in [6, 6.07) is 2.98. The molecule has 2 aliphatic rings. The van der Waals surface area contributed by atoms with Crippen LogP contribution in [0.4, 0.5) is 4.39 Å². The van der Waals surface area contributed by atoms with Crippen molar-refractivity contribution >= 4 is 31.0 Å². The Labute approximate surface area is 213 Å². The van der Waals surface area contributed by atoms with Crippen LogP contribution in [-0.4, -0.2) is 61.3 Å². The number of H-pyrrole nitrogens is 1. The summed E-state index contributed by atoms with van der Waals surface area (Å²) in [4.78, 5) is 22.4. The number of hydrogen-bond acceptors (Lipinski definition) is 6. The van der Waals surface area contributed by atoms with Gasteiger partial charge in [-0.15, -0.1) is 0 Å². The molecular weight excluding hydrogens is 481 g/mol. The summed E-state index contributed by atoms with van der Waals surface area (Å²) in [5, 5.41) is 0.773. The Hall–Kier alpha value is -1.42. The highest BCUT2D eigenvalue weighted by Crippen LogP contribution is 2.36. The van der Waals surface area contributed by atoms with Gasteiger partial charge in [0.15, 0.2) is 8.32 Å². The summed E-state index contributed by atoms with van der Waals surface area (Å²) in [6.45, 7) is 15.9. The SMILES string of the molecule is CC(C)(C)[Si](C)(C)OCCN1CCC(SCc2nc3cc(OCC4CC4)cc(F)c3c(=O)[nH]2)CC1. The normalized spacial score (nSPS) is 18.3. The molecular formula is C26H40FN3O3SSi. The van der Waals surface area contributed by atoms with Crippen LogP contribution in [0, 0.1) is 11.7 Å². The smallest absolute Gasteiger partial charge is 0.261 e. The Morgan fingerprint density at radius 3 is 2.57 bits per heavy atom. The first-order valence-electron chi connectivity index (χ1n) is 12.8. The second-order valence-corrected chi connectivity index (χ2v) is 17.6. The van der Waals surface area contributed by atoms with Crippen LogP contribution in [-0.2, 0) is 10.2 Å². The lowest BCUT2D eigenvalue weighted by atomic mass is 10.1. The minimum Gasteiger partial charge on any atom is -0.493 e. The molecule has 2 heterocycles. The zero-order valence-electron chi connectivity index (χ0n) is 21.8. The lowest BCUT2D eigenvalue weighted by Crippen LogP contribution is -2.44. The zero-order valence-corrected chi connectivity index (χ0v) is 23.6. The lowest BCUT2D eigenvalue weighted by Gasteiger charge is -2.37. The van der Waals surface area contributed by atoms with Gasteiger partial charge in [-0.2, -0.15) is 11.8 Å². The Morgan fingerprint density at radius 1 is 1.20 bits per heavy atom. The fourth-order valence-electron chi connectivity index (χ4n) is 4.04. The maximum atomic E-state index is 14.5. The number of thioether (sulfide) groups is 1. The highest BCUT2D eigenvalue weighted by atomic mass is 32.2. The Morgan fingerprint density at radius 2 is 1.91 bits per heavy atom. The van der Waals surface area contributed by atoms with E-state index in [0.29, 0.717) is 40.6 Å². The van der Waals surface area contributed by atoms with Crippen molar-refractivity contribution in [2.24, 2.45) is 5.92 Å². The van der Waals surface area contributed by atoms with Gasteiger partial charge in [-0.1, -0.05) is 20.8 Å². The summed E-state index contributed by atoms with van der Waals surface area (Å²) in [6.07, 6.45) is 4.55. The predicted molar refractivity (Wildman–Crippen MR) is 144 cm³/mol. The quantitative estimate of drug-likeness (QED) is 0.412. The molecule has 0 radical (unpaired) electrons. The lowest BCUT2D eigenvalue weighted by molar-refractivity contribution is 0.177. The van der Waals surface area contributed by atoms with Gasteiger partial charge < -0.3 is 19.0 Å². The molecule has 0 unspecified atom stereocenters. The van der Waals surface area contributed by atoms with E-state index in [2.05, 4.69) is 48.7 Å². The molecule has 1 aliphatic carbocycles. The van der Waals surface area contributed by atoms with Crippen molar-refractivity contribution in [1.29, 1.82) is 0 Å². The average molecular weight is 522 g/mol. The summed E-state index contributed by atoms with van der Waals surface area (Å²) in [5.41, 5.74) is -0.0555. The Kier molecular flexibility index (Phi) is 8.30. The predicted octanol–water partition coefficient (Wildman–Crippen LogP) is 5.57. The standard InChI is InChI=1S/C26H40FN3O3SSi/c1-26(2,3)35(4,5)33-13-12-30-10-8-20(9-11-30)34-17-23-28-22-15-19(32-16-18-6-7-18)14-21(27)24(22)25(31)29-23/h14-15,18,20H,6-13,16-17H2,1-5H3,(H,28,29,31). The van der Waals surface area contributed by atoms with Gasteiger partial charge in [-0.05, 0) is 62.8 Å². The van der Waals surface area contributed by atoms with Crippen LogP contribution >= 0.6 is 11.8 Å². The van der Waals surface area contributed by atoms with Crippen molar-refractivity contribution in [3.8, 4) is 5.75 Å². The second kappa shape index (κ2) is 10.9. The van der Waals surface area contributed by atoms with Gasteiger partial charge >= 0.3 is 0 Å². The molecule has 0 atom stereocenters. The van der Waals surface area contributed by atoms with Crippen molar-refractivity contribution in [3.63, 3.8) is 0 Å². The molecule has 0 spiro atoms. The number of fused-ring (bicyclic) bond motifs is 1. The molecule has 1 saturated carbocycles. The maximum absolute atomic E-state index is 14.5. The number of piperidine rings is 1. The first kappa shape index (κ1) is 26.6. The Bertz CT molecular complexity index is 1080. The first-order chi connectivity index (χ1) is 16.5. The molecule has 6 nitrogen and oxygen atoms in total. The van der Waals surface area contributed by atoms with Crippen LogP contribution in [0.1, 0.15) is 52.3 Å². The van der Waals surface area contributed by atoms with E-state index < -0.39 is 19.7 Å². The van der Waals surface area contributed by atoms with Crippen molar-refractivity contribution in [2.75, 3.05) is 32.8 Å². The molecule has 1 saturated heterocycles. The second-order valence-electron chi connectivity index (χ2n) is 11.5. The molecule has 0 bridgehead atoms. The highest BCUT2D eigenvalue weighted by molar-refractivity contribution is 7.99. The third-order valence-corrected chi connectivity index (χ3v) is 13.6. The van der Waals surface area contributed by atoms with Crippen LogP contribution < -0.4 is 10.3 Å². The van der Waals surface area contributed by atoms with Crippen molar-refractivity contribution in [2.45, 2.75) is 75.6 Å². The number of ether oxygens (including phenoxy) is 1. The number of nitrogens with one attached hydrogen (secondary N) is 1. The first-order valence-corrected chi connectivity index (χ1v) is 16.8. The number of hydrogen-bond donors (Lipinski definition) is 1. The molecule has 2 aromatic rings. The molecule has 9 heteroatoms. The number of likely N-dealkylation sites (tertiary alicyclic amines) is 1. The molecule has 4 rings (SSSR count). The van der Waals surface area contributed by atoms with Crippen molar-refractivity contribution in [1.82, 2.24) is 14.9 Å². The van der Waals surface area contributed by atoms with Gasteiger partial charge in [-0.3, -0.25) is 4.79 Å². The molecule has 194 valence electrons. The summed E-state index contributed by atoms with van der Waals surface area (Å²) in [7, 11) is -1.69. The van der Waals surface area contributed by atoms with Crippen LogP contribution in [0.5, 0.6) is 5.75 Å². The molecule has 1 N–H and O–H groups in total. The number of rotatable bonds is 10. The maximum Gasteiger partial charge on any atom is 0.261 e. The fraction of sp³-hybridized carbons (Fsp3) is 0.692. The minimum absolute atomic E-state index is 0.00532. The van der Waals surface area contributed by atoms with Crippen LogP contribution in [0.15, 0.2) is 16.9 Å².